The van der Waals surface area contributed by atoms with Gasteiger partial charge in [-0.3, -0.25) is 0 Å². The van der Waals surface area contributed by atoms with Crippen LogP contribution in [0.5, 0.6) is 0 Å². The summed E-state index contributed by atoms with van der Waals surface area (Å²) < 4.78 is -0.241. The van der Waals surface area contributed by atoms with Crippen LogP contribution in [0.1, 0.15) is 113 Å². The van der Waals surface area contributed by atoms with Crippen molar-refractivity contribution in [1.29, 1.82) is 0 Å². The molecule has 0 radical (unpaired) electrons. The van der Waals surface area contributed by atoms with Crippen LogP contribution in [-0.4, -0.2) is 0 Å². The Hall–Kier alpha value is -1.86. The molecule has 0 aliphatic heterocycles. The van der Waals surface area contributed by atoms with Crippen molar-refractivity contribution in [3.05, 3.63) is 108 Å². The lowest BCUT2D eigenvalue weighted by molar-refractivity contribution is 0.482. The quantitative estimate of drug-likeness (QED) is 0.120. The summed E-state index contributed by atoms with van der Waals surface area (Å²) >= 11 is 4.34. The van der Waals surface area contributed by atoms with Crippen molar-refractivity contribution in [2.75, 3.05) is 0 Å². The first-order chi connectivity index (χ1) is 17.3. The van der Waals surface area contributed by atoms with E-state index in [1.165, 1.54) is 100 Å². The number of unbranched alkanes of at least 4 members (excludes halogenated alkanes) is 11. The SMILES string of the molecule is CCCCCCCCCCCCCCC(c1ccccc1)C(Br)(c1ccccc1)c1ccccc1. The Morgan fingerprint density at radius 2 is 0.886 bits per heavy atom. The van der Waals surface area contributed by atoms with E-state index in [1.807, 2.05) is 0 Å². The summed E-state index contributed by atoms with van der Waals surface area (Å²) in [4.78, 5) is 0. The van der Waals surface area contributed by atoms with Gasteiger partial charge in [-0.05, 0) is 23.1 Å². The zero-order valence-electron chi connectivity index (χ0n) is 21.8. The van der Waals surface area contributed by atoms with Crippen LogP contribution in [0, 0.1) is 0 Å². The number of halogens is 1. The molecule has 188 valence electrons. The highest BCUT2D eigenvalue weighted by molar-refractivity contribution is 9.09. The average molecular weight is 534 g/mol. The Labute approximate surface area is 223 Å². The van der Waals surface area contributed by atoms with Crippen LogP contribution in [-0.2, 0) is 4.32 Å². The number of alkyl halides is 1. The molecule has 0 aliphatic rings. The fraction of sp³-hybridized carbons (Fsp3) is 0.471. The van der Waals surface area contributed by atoms with Crippen LogP contribution in [0.3, 0.4) is 0 Å². The summed E-state index contributed by atoms with van der Waals surface area (Å²) in [5.74, 6) is 0.372. The lowest BCUT2D eigenvalue weighted by Crippen LogP contribution is -2.29. The highest BCUT2D eigenvalue weighted by atomic mass is 79.9. The molecule has 1 atom stereocenters. The van der Waals surface area contributed by atoms with Crippen LogP contribution < -0.4 is 0 Å². The molecule has 3 aromatic carbocycles. The fourth-order valence-electron chi connectivity index (χ4n) is 5.40. The maximum atomic E-state index is 4.34. The second kappa shape index (κ2) is 16.0. The van der Waals surface area contributed by atoms with Crippen molar-refractivity contribution in [3.63, 3.8) is 0 Å². The Morgan fingerprint density at radius 3 is 1.31 bits per heavy atom. The second-order valence-corrected chi connectivity index (χ2v) is 11.3. The van der Waals surface area contributed by atoms with Gasteiger partial charge in [0, 0.05) is 5.92 Å². The van der Waals surface area contributed by atoms with Crippen molar-refractivity contribution in [1.82, 2.24) is 0 Å². The molecule has 35 heavy (non-hydrogen) atoms. The standard InChI is InChI=1S/C34H45Br/c1-2-3-4-5-6-7-8-9-10-11-12-22-29-33(30-23-16-13-17-24-30)34(35,31-25-18-14-19-26-31)32-27-20-15-21-28-32/h13-21,23-28,33H,2-12,22,29H2,1H3. The minimum absolute atomic E-state index is 0.241. The molecule has 0 heterocycles. The number of hydrogen-bond acceptors (Lipinski definition) is 0. The summed E-state index contributed by atoms with van der Waals surface area (Å²) in [5, 5.41) is 0. The number of hydrogen-bond donors (Lipinski definition) is 0. The first-order valence-electron chi connectivity index (χ1n) is 14.1. The van der Waals surface area contributed by atoms with Gasteiger partial charge >= 0.3 is 0 Å². The molecule has 3 rings (SSSR count). The zero-order chi connectivity index (χ0) is 24.6. The maximum Gasteiger partial charge on any atom is 0.0822 e. The Kier molecular flexibility index (Phi) is 12.7. The van der Waals surface area contributed by atoms with Gasteiger partial charge in [0.25, 0.3) is 0 Å². The van der Waals surface area contributed by atoms with Gasteiger partial charge in [-0.15, -0.1) is 0 Å². The van der Waals surface area contributed by atoms with Crippen molar-refractivity contribution in [3.8, 4) is 0 Å². The molecule has 0 spiro atoms. The third-order valence-corrected chi connectivity index (χ3v) is 8.88. The third kappa shape index (κ3) is 8.64. The molecular formula is C34H45Br. The topological polar surface area (TPSA) is 0 Å². The van der Waals surface area contributed by atoms with Gasteiger partial charge in [0.05, 0.1) is 4.32 Å². The van der Waals surface area contributed by atoms with E-state index in [4.69, 9.17) is 0 Å². The van der Waals surface area contributed by atoms with E-state index in [2.05, 4.69) is 114 Å². The molecule has 0 saturated carbocycles. The fourth-order valence-corrected chi connectivity index (χ4v) is 6.42. The monoisotopic (exact) mass is 532 g/mol. The Morgan fingerprint density at radius 1 is 0.514 bits per heavy atom. The van der Waals surface area contributed by atoms with Gasteiger partial charge < -0.3 is 0 Å². The van der Waals surface area contributed by atoms with Crippen LogP contribution >= 0.6 is 15.9 Å². The molecule has 0 fully saturated rings. The van der Waals surface area contributed by atoms with Crippen LogP contribution in [0.25, 0.3) is 0 Å². The smallest absolute Gasteiger partial charge is 0.0742 e. The highest BCUT2D eigenvalue weighted by Crippen LogP contribution is 2.51. The maximum absolute atomic E-state index is 4.34. The Bertz CT molecular complexity index is 864. The molecule has 0 bridgehead atoms. The summed E-state index contributed by atoms with van der Waals surface area (Å²) in [5.41, 5.74) is 4.08. The highest BCUT2D eigenvalue weighted by Gasteiger charge is 2.40. The van der Waals surface area contributed by atoms with E-state index in [-0.39, 0.29) is 4.32 Å². The van der Waals surface area contributed by atoms with Crippen molar-refractivity contribution < 1.29 is 0 Å². The minimum Gasteiger partial charge on any atom is -0.0742 e. The molecule has 0 aromatic heterocycles. The molecule has 0 aliphatic carbocycles. The van der Waals surface area contributed by atoms with E-state index in [0.29, 0.717) is 5.92 Å². The predicted molar refractivity (Wildman–Crippen MR) is 157 cm³/mol. The summed E-state index contributed by atoms with van der Waals surface area (Å²) in [6.45, 7) is 2.29. The summed E-state index contributed by atoms with van der Waals surface area (Å²) in [6.07, 6.45) is 17.8. The largest absolute Gasteiger partial charge is 0.0822 e. The molecule has 0 N–H and O–H groups in total. The lowest BCUT2D eigenvalue weighted by Gasteiger charge is -2.38. The molecule has 1 unspecified atom stereocenters. The molecule has 0 saturated heterocycles. The van der Waals surface area contributed by atoms with Crippen molar-refractivity contribution in [2.24, 2.45) is 0 Å². The lowest BCUT2D eigenvalue weighted by atomic mass is 9.74. The van der Waals surface area contributed by atoms with Crippen molar-refractivity contribution in [2.45, 2.75) is 101 Å². The molecular weight excluding hydrogens is 488 g/mol. The van der Waals surface area contributed by atoms with E-state index in [9.17, 15) is 0 Å². The normalized spacial score (nSPS) is 12.5. The first kappa shape index (κ1) is 27.7. The first-order valence-corrected chi connectivity index (χ1v) is 14.9. The van der Waals surface area contributed by atoms with Gasteiger partial charge in [-0.25, -0.2) is 0 Å². The van der Waals surface area contributed by atoms with Crippen molar-refractivity contribution >= 4 is 15.9 Å². The van der Waals surface area contributed by atoms with E-state index in [0.717, 1.165) is 0 Å². The van der Waals surface area contributed by atoms with E-state index < -0.39 is 0 Å². The van der Waals surface area contributed by atoms with E-state index >= 15 is 0 Å². The van der Waals surface area contributed by atoms with Gasteiger partial charge in [0.2, 0.25) is 0 Å². The third-order valence-electron chi connectivity index (χ3n) is 7.42. The Balaban J connectivity index is 1.60. The van der Waals surface area contributed by atoms with Crippen LogP contribution in [0.15, 0.2) is 91.0 Å². The molecule has 0 nitrogen and oxygen atoms in total. The second-order valence-electron chi connectivity index (χ2n) is 10.1. The average Bonchev–Trinajstić information content (AvgIpc) is 2.92. The van der Waals surface area contributed by atoms with Crippen LogP contribution in [0.4, 0.5) is 0 Å². The minimum atomic E-state index is -0.241. The summed E-state index contributed by atoms with van der Waals surface area (Å²) in [7, 11) is 0. The zero-order valence-corrected chi connectivity index (χ0v) is 23.4. The van der Waals surface area contributed by atoms with Crippen LogP contribution in [0.2, 0.25) is 0 Å². The number of rotatable bonds is 17. The number of benzene rings is 3. The predicted octanol–water partition coefficient (Wildman–Crippen LogP) is 11.2. The van der Waals surface area contributed by atoms with E-state index in [1.54, 1.807) is 0 Å². The molecule has 1 heteroatoms. The van der Waals surface area contributed by atoms with Gasteiger partial charge in [-0.2, -0.15) is 0 Å². The molecule has 3 aromatic rings. The van der Waals surface area contributed by atoms with Gasteiger partial charge in [-0.1, -0.05) is 191 Å². The summed E-state index contributed by atoms with van der Waals surface area (Å²) in [6, 6.07) is 33.1. The van der Waals surface area contributed by atoms with Gasteiger partial charge in [0.1, 0.15) is 0 Å². The molecule has 0 amide bonds. The van der Waals surface area contributed by atoms with Gasteiger partial charge in [0.15, 0.2) is 0 Å².